The summed E-state index contributed by atoms with van der Waals surface area (Å²) in [5.41, 5.74) is -0.255. The third-order valence-corrected chi connectivity index (χ3v) is 3.20. The summed E-state index contributed by atoms with van der Waals surface area (Å²) in [7, 11) is 1.46. The van der Waals surface area contributed by atoms with Crippen molar-refractivity contribution >= 4 is 17.6 Å². The van der Waals surface area contributed by atoms with Crippen LogP contribution in [0.5, 0.6) is 5.75 Å². The van der Waals surface area contributed by atoms with Gasteiger partial charge in [0.15, 0.2) is 0 Å². The van der Waals surface area contributed by atoms with Crippen molar-refractivity contribution in [1.82, 2.24) is 0 Å². The Morgan fingerprint density at radius 2 is 2.00 bits per heavy atom. The normalized spacial score (nSPS) is 10.9. The number of amides is 1. The second kappa shape index (κ2) is 5.73. The number of rotatable bonds is 5. The number of carbonyl (C=O) groups is 2. The summed E-state index contributed by atoms with van der Waals surface area (Å²) in [5, 5.41) is 11.8. The van der Waals surface area contributed by atoms with E-state index in [0.29, 0.717) is 12.2 Å². The molecular weight excluding hydrogens is 246 g/mol. The number of hydrogen-bond donors (Lipinski definition) is 2. The van der Waals surface area contributed by atoms with Gasteiger partial charge in [0.1, 0.15) is 5.75 Å². The molecule has 2 N–H and O–H groups in total. The summed E-state index contributed by atoms with van der Waals surface area (Å²) in [5.74, 6) is -0.878. The standard InChI is InChI=1S/C14H19NO4/c1-5-14(2,3)13(18)15-11-7-6-9(19-4)8-10(11)12(16)17/h6-8H,5H2,1-4H3,(H,15,18)(H,16,17). The molecule has 0 unspecified atom stereocenters. The highest BCUT2D eigenvalue weighted by Crippen LogP contribution is 2.26. The fourth-order valence-corrected chi connectivity index (χ4v) is 1.39. The van der Waals surface area contributed by atoms with Crippen LogP contribution in [0.15, 0.2) is 18.2 Å². The smallest absolute Gasteiger partial charge is 0.337 e. The topological polar surface area (TPSA) is 75.6 Å². The molecule has 0 saturated carbocycles. The maximum absolute atomic E-state index is 12.1. The van der Waals surface area contributed by atoms with E-state index in [0.717, 1.165) is 0 Å². The molecule has 19 heavy (non-hydrogen) atoms. The first kappa shape index (κ1) is 15.0. The first-order chi connectivity index (χ1) is 8.81. The van der Waals surface area contributed by atoms with Crippen LogP contribution in [0.2, 0.25) is 0 Å². The van der Waals surface area contributed by atoms with Crippen molar-refractivity contribution < 1.29 is 19.4 Å². The van der Waals surface area contributed by atoms with Gasteiger partial charge in [-0.2, -0.15) is 0 Å². The van der Waals surface area contributed by atoms with E-state index in [4.69, 9.17) is 9.84 Å². The number of carboxylic acid groups (broad SMARTS) is 1. The lowest BCUT2D eigenvalue weighted by atomic mass is 9.89. The number of aromatic carboxylic acids is 1. The molecular formula is C14H19NO4. The van der Waals surface area contributed by atoms with Crippen molar-refractivity contribution in [1.29, 1.82) is 0 Å². The SMILES string of the molecule is CCC(C)(C)C(=O)Nc1ccc(OC)cc1C(=O)O. The number of ether oxygens (including phenoxy) is 1. The van der Waals surface area contributed by atoms with Gasteiger partial charge in [-0.1, -0.05) is 20.8 Å². The van der Waals surface area contributed by atoms with Crippen LogP contribution in [0.4, 0.5) is 5.69 Å². The molecule has 0 aliphatic rings. The Morgan fingerprint density at radius 1 is 1.37 bits per heavy atom. The molecule has 0 spiro atoms. The minimum Gasteiger partial charge on any atom is -0.497 e. The van der Waals surface area contributed by atoms with Gasteiger partial charge < -0.3 is 15.2 Å². The molecule has 5 nitrogen and oxygen atoms in total. The first-order valence-corrected chi connectivity index (χ1v) is 6.04. The summed E-state index contributed by atoms with van der Waals surface area (Å²) in [6, 6.07) is 4.53. The number of benzene rings is 1. The van der Waals surface area contributed by atoms with E-state index in [2.05, 4.69) is 5.32 Å². The van der Waals surface area contributed by atoms with Gasteiger partial charge in [-0.15, -0.1) is 0 Å². The second-order valence-electron chi connectivity index (χ2n) is 4.91. The molecule has 0 saturated heterocycles. The Morgan fingerprint density at radius 3 is 2.47 bits per heavy atom. The van der Waals surface area contributed by atoms with Crippen LogP contribution in [0, 0.1) is 5.41 Å². The Balaban J connectivity index is 3.08. The number of anilines is 1. The van der Waals surface area contributed by atoms with Gasteiger partial charge in [-0.05, 0) is 24.6 Å². The number of carboxylic acids is 1. The lowest BCUT2D eigenvalue weighted by molar-refractivity contribution is -0.124. The van der Waals surface area contributed by atoms with Crippen LogP contribution < -0.4 is 10.1 Å². The molecule has 0 fully saturated rings. The maximum atomic E-state index is 12.1. The molecule has 1 amide bonds. The number of methoxy groups -OCH3 is 1. The largest absolute Gasteiger partial charge is 0.497 e. The monoisotopic (exact) mass is 265 g/mol. The Bertz CT molecular complexity index is 494. The highest BCUT2D eigenvalue weighted by Gasteiger charge is 2.26. The molecule has 1 aromatic carbocycles. The molecule has 0 radical (unpaired) electrons. The van der Waals surface area contributed by atoms with Crippen LogP contribution in [-0.4, -0.2) is 24.1 Å². The van der Waals surface area contributed by atoms with Crippen LogP contribution in [0.1, 0.15) is 37.6 Å². The molecule has 104 valence electrons. The zero-order valence-electron chi connectivity index (χ0n) is 11.6. The van der Waals surface area contributed by atoms with E-state index < -0.39 is 11.4 Å². The van der Waals surface area contributed by atoms with Crippen molar-refractivity contribution in [2.24, 2.45) is 5.41 Å². The summed E-state index contributed by atoms with van der Waals surface area (Å²) in [4.78, 5) is 23.2. The van der Waals surface area contributed by atoms with Crippen LogP contribution in [0.25, 0.3) is 0 Å². The van der Waals surface area contributed by atoms with Crippen molar-refractivity contribution in [3.63, 3.8) is 0 Å². The fourth-order valence-electron chi connectivity index (χ4n) is 1.39. The van der Waals surface area contributed by atoms with Crippen molar-refractivity contribution in [3.05, 3.63) is 23.8 Å². The Kier molecular flexibility index (Phi) is 4.53. The zero-order chi connectivity index (χ0) is 14.6. The van der Waals surface area contributed by atoms with Crippen molar-refractivity contribution in [3.8, 4) is 5.75 Å². The Hall–Kier alpha value is -2.04. The van der Waals surface area contributed by atoms with Gasteiger partial charge in [0.05, 0.1) is 18.4 Å². The average molecular weight is 265 g/mol. The predicted molar refractivity (Wildman–Crippen MR) is 72.7 cm³/mol. The van der Waals surface area contributed by atoms with Gasteiger partial charge >= 0.3 is 5.97 Å². The van der Waals surface area contributed by atoms with Gasteiger partial charge in [0.2, 0.25) is 5.91 Å². The molecule has 1 rings (SSSR count). The van der Waals surface area contributed by atoms with Gasteiger partial charge in [0, 0.05) is 5.41 Å². The first-order valence-electron chi connectivity index (χ1n) is 6.04. The molecule has 0 aliphatic carbocycles. The van der Waals surface area contributed by atoms with E-state index in [-0.39, 0.29) is 17.2 Å². The van der Waals surface area contributed by atoms with E-state index in [9.17, 15) is 9.59 Å². The molecule has 5 heteroatoms. The molecule has 0 aliphatic heterocycles. The van der Waals surface area contributed by atoms with Crippen LogP contribution in [-0.2, 0) is 4.79 Å². The summed E-state index contributed by atoms with van der Waals surface area (Å²) < 4.78 is 4.98. The van der Waals surface area contributed by atoms with Crippen LogP contribution >= 0.6 is 0 Å². The van der Waals surface area contributed by atoms with Crippen molar-refractivity contribution in [2.75, 3.05) is 12.4 Å². The van der Waals surface area contributed by atoms with Crippen LogP contribution in [0.3, 0.4) is 0 Å². The molecule has 1 aromatic rings. The highest BCUT2D eigenvalue weighted by atomic mass is 16.5. The van der Waals surface area contributed by atoms with E-state index in [1.54, 1.807) is 6.07 Å². The minimum absolute atomic E-state index is 0.0135. The van der Waals surface area contributed by atoms with Gasteiger partial charge in [-0.25, -0.2) is 4.79 Å². The fraction of sp³-hybridized carbons (Fsp3) is 0.429. The third kappa shape index (κ3) is 3.47. The predicted octanol–water partition coefficient (Wildman–Crippen LogP) is 2.77. The van der Waals surface area contributed by atoms with E-state index >= 15 is 0 Å². The number of nitrogens with one attached hydrogen (secondary N) is 1. The maximum Gasteiger partial charge on any atom is 0.337 e. The highest BCUT2D eigenvalue weighted by molar-refractivity contribution is 6.02. The summed E-state index contributed by atoms with van der Waals surface area (Å²) in [6.45, 7) is 5.53. The van der Waals surface area contributed by atoms with E-state index in [1.807, 2.05) is 20.8 Å². The van der Waals surface area contributed by atoms with Gasteiger partial charge in [-0.3, -0.25) is 4.79 Å². The Labute approximate surface area is 112 Å². The molecule has 0 atom stereocenters. The minimum atomic E-state index is -1.11. The molecule has 0 aromatic heterocycles. The average Bonchev–Trinajstić information content (AvgIpc) is 2.38. The molecule has 0 bridgehead atoms. The molecule has 0 heterocycles. The second-order valence-corrected chi connectivity index (χ2v) is 4.91. The van der Waals surface area contributed by atoms with E-state index in [1.165, 1.54) is 19.2 Å². The number of carbonyl (C=O) groups excluding carboxylic acids is 1. The quantitative estimate of drug-likeness (QED) is 0.858. The lowest BCUT2D eigenvalue weighted by Gasteiger charge is -2.22. The van der Waals surface area contributed by atoms with Gasteiger partial charge in [0.25, 0.3) is 0 Å². The number of hydrogen-bond acceptors (Lipinski definition) is 3. The third-order valence-electron chi connectivity index (χ3n) is 3.20. The summed E-state index contributed by atoms with van der Waals surface area (Å²) >= 11 is 0. The van der Waals surface area contributed by atoms with Crippen molar-refractivity contribution in [2.45, 2.75) is 27.2 Å². The lowest BCUT2D eigenvalue weighted by Crippen LogP contribution is -2.30. The zero-order valence-corrected chi connectivity index (χ0v) is 11.6. The summed E-state index contributed by atoms with van der Waals surface area (Å²) in [6.07, 6.45) is 0.664.